The summed E-state index contributed by atoms with van der Waals surface area (Å²) in [6, 6.07) is 0.556. The molecule has 0 aliphatic heterocycles. The average Bonchev–Trinajstić information content (AvgIpc) is 2.19. The Morgan fingerprint density at radius 1 is 1.19 bits per heavy atom. The van der Waals surface area contributed by atoms with Crippen LogP contribution in [0, 0.1) is 17.5 Å². The minimum atomic E-state index is -1.90. The molecule has 16 heavy (non-hydrogen) atoms. The van der Waals surface area contributed by atoms with Crippen molar-refractivity contribution in [3.63, 3.8) is 0 Å². The summed E-state index contributed by atoms with van der Waals surface area (Å²) in [7, 11) is 0. The molecule has 0 aromatic heterocycles. The highest BCUT2D eigenvalue weighted by Gasteiger charge is 2.23. The van der Waals surface area contributed by atoms with Crippen molar-refractivity contribution >= 4 is 23.4 Å². The first-order chi connectivity index (χ1) is 7.34. The Hall–Kier alpha value is -1.56. The first-order valence-corrected chi connectivity index (χ1v) is 4.30. The van der Waals surface area contributed by atoms with Crippen molar-refractivity contribution < 1.29 is 27.9 Å². The van der Waals surface area contributed by atoms with Crippen LogP contribution in [0.3, 0.4) is 0 Å². The number of carbonyl (C=O) groups excluding carboxylic acids is 1. The molecule has 0 fully saturated rings. The quantitative estimate of drug-likeness (QED) is 0.389. The summed E-state index contributed by atoms with van der Waals surface area (Å²) in [6.45, 7) is 0. The van der Waals surface area contributed by atoms with E-state index in [0.29, 0.717) is 6.07 Å². The summed E-state index contributed by atoms with van der Waals surface area (Å²) in [5.41, 5.74) is -0.883. The van der Waals surface area contributed by atoms with Gasteiger partial charge in [0.05, 0.1) is 10.6 Å². The molecule has 3 nitrogen and oxygen atoms in total. The Balaban J connectivity index is 3.25. The fraction of sp³-hybridized carbons (Fsp3) is 0.111. The van der Waals surface area contributed by atoms with Gasteiger partial charge in [-0.2, -0.15) is 0 Å². The summed E-state index contributed by atoms with van der Waals surface area (Å²) in [5, 5.41) is 7.50. The highest BCUT2D eigenvalue weighted by Crippen LogP contribution is 2.24. The Kier molecular flexibility index (Phi) is 3.54. The molecule has 7 heteroatoms. The van der Waals surface area contributed by atoms with Crippen molar-refractivity contribution in [2.45, 2.75) is 6.42 Å². The maximum absolute atomic E-state index is 13.1. The Labute approximate surface area is 92.4 Å². The Bertz CT molecular complexity index is 474. The van der Waals surface area contributed by atoms with Gasteiger partial charge in [0, 0.05) is 0 Å². The SMILES string of the molecule is O=C(O)CC(=O)c1cc(Cl)c(F)c(F)c1F. The molecule has 1 N–H and O–H groups in total. The number of Topliss-reactive ketones (excluding diaryl/α,β-unsaturated/α-hetero) is 1. The van der Waals surface area contributed by atoms with Gasteiger partial charge in [0.2, 0.25) is 0 Å². The molecule has 1 rings (SSSR count). The number of carbonyl (C=O) groups is 2. The second-order valence-electron chi connectivity index (χ2n) is 2.84. The van der Waals surface area contributed by atoms with Crippen LogP contribution in [0.5, 0.6) is 0 Å². The number of aliphatic carboxylic acids is 1. The van der Waals surface area contributed by atoms with Gasteiger partial charge in [-0.1, -0.05) is 11.6 Å². The van der Waals surface area contributed by atoms with Crippen LogP contribution >= 0.6 is 11.6 Å². The van der Waals surface area contributed by atoms with Gasteiger partial charge >= 0.3 is 5.97 Å². The number of hydrogen-bond donors (Lipinski definition) is 1. The molecular weight excluding hydrogens is 249 g/mol. The summed E-state index contributed by atoms with van der Waals surface area (Å²) >= 11 is 5.19. The van der Waals surface area contributed by atoms with E-state index in [4.69, 9.17) is 16.7 Å². The van der Waals surface area contributed by atoms with E-state index < -0.39 is 46.2 Å². The van der Waals surface area contributed by atoms with Crippen LogP contribution in [-0.4, -0.2) is 16.9 Å². The molecule has 0 bridgehead atoms. The lowest BCUT2D eigenvalue weighted by atomic mass is 10.1. The number of ketones is 1. The van der Waals surface area contributed by atoms with E-state index in [9.17, 15) is 22.8 Å². The van der Waals surface area contributed by atoms with Crippen molar-refractivity contribution in [2.24, 2.45) is 0 Å². The third-order valence-corrected chi connectivity index (χ3v) is 1.99. The van der Waals surface area contributed by atoms with E-state index in [-0.39, 0.29) is 0 Å². The largest absolute Gasteiger partial charge is 0.481 e. The number of carboxylic acid groups (broad SMARTS) is 1. The van der Waals surface area contributed by atoms with Gasteiger partial charge in [-0.25, -0.2) is 13.2 Å². The van der Waals surface area contributed by atoms with Crippen molar-refractivity contribution in [2.75, 3.05) is 0 Å². The molecule has 0 saturated heterocycles. The molecule has 0 radical (unpaired) electrons. The highest BCUT2D eigenvalue weighted by molar-refractivity contribution is 6.31. The van der Waals surface area contributed by atoms with Crippen LogP contribution in [0.15, 0.2) is 6.07 Å². The zero-order valence-corrected chi connectivity index (χ0v) is 8.32. The first-order valence-electron chi connectivity index (χ1n) is 3.92. The molecule has 0 spiro atoms. The van der Waals surface area contributed by atoms with E-state index in [1.807, 2.05) is 0 Å². The molecule has 0 amide bonds. The molecule has 1 aromatic carbocycles. The molecule has 1 aromatic rings. The summed E-state index contributed by atoms with van der Waals surface area (Å²) in [4.78, 5) is 21.3. The number of hydrogen-bond acceptors (Lipinski definition) is 2. The van der Waals surface area contributed by atoms with Crippen LogP contribution in [0.4, 0.5) is 13.2 Å². The number of halogens is 4. The number of rotatable bonds is 3. The van der Waals surface area contributed by atoms with Crippen LogP contribution in [-0.2, 0) is 4.79 Å². The third kappa shape index (κ3) is 2.33. The normalized spacial score (nSPS) is 10.2. The van der Waals surface area contributed by atoms with E-state index in [0.717, 1.165) is 0 Å². The average molecular weight is 253 g/mol. The van der Waals surface area contributed by atoms with Crippen LogP contribution in [0.1, 0.15) is 16.8 Å². The number of benzene rings is 1. The minimum Gasteiger partial charge on any atom is -0.481 e. The molecule has 0 unspecified atom stereocenters. The van der Waals surface area contributed by atoms with Crippen molar-refractivity contribution in [3.8, 4) is 0 Å². The minimum absolute atomic E-state index is 0.556. The molecule has 0 aliphatic carbocycles. The van der Waals surface area contributed by atoms with Gasteiger partial charge < -0.3 is 5.11 Å². The van der Waals surface area contributed by atoms with Crippen molar-refractivity contribution in [1.82, 2.24) is 0 Å². The van der Waals surface area contributed by atoms with Crippen molar-refractivity contribution in [1.29, 1.82) is 0 Å². The van der Waals surface area contributed by atoms with E-state index in [1.54, 1.807) is 0 Å². The molecule has 0 saturated carbocycles. The van der Waals surface area contributed by atoms with Gasteiger partial charge in [0.1, 0.15) is 6.42 Å². The predicted molar refractivity (Wildman–Crippen MR) is 47.9 cm³/mol. The highest BCUT2D eigenvalue weighted by atomic mass is 35.5. The van der Waals surface area contributed by atoms with Gasteiger partial charge in [-0.05, 0) is 6.07 Å². The maximum Gasteiger partial charge on any atom is 0.311 e. The van der Waals surface area contributed by atoms with Crippen molar-refractivity contribution in [3.05, 3.63) is 34.1 Å². The van der Waals surface area contributed by atoms with Gasteiger partial charge in [0.25, 0.3) is 0 Å². The second kappa shape index (κ2) is 4.52. The number of carboxylic acids is 1. The molecule has 86 valence electrons. The fourth-order valence-corrected chi connectivity index (χ4v) is 1.20. The second-order valence-corrected chi connectivity index (χ2v) is 3.25. The van der Waals surface area contributed by atoms with Gasteiger partial charge in [-0.3, -0.25) is 9.59 Å². The lowest BCUT2D eigenvalue weighted by molar-refractivity contribution is -0.135. The van der Waals surface area contributed by atoms with E-state index in [1.165, 1.54) is 0 Å². The van der Waals surface area contributed by atoms with Crippen LogP contribution in [0.25, 0.3) is 0 Å². The summed E-state index contributed by atoms with van der Waals surface area (Å²) in [5.74, 6) is -7.96. The molecule has 0 aliphatic rings. The van der Waals surface area contributed by atoms with Crippen LogP contribution < -0.4 is 0 Å². The van der Waals surface area contributed by atoms with E-state index in [2.05, 4.69) is 0 Å². The first kappa shape index (κ1) is 12.5. The summed E-state index contributed by atoms with van der Waals surface area (Å²) < 4.78 is 38.6. The monoisotopic (exact) mass is 252 g/mol. The Morgan fingerprint density at radius 3 is 2.25 bits per heavy atom. The zero-order chi connectivity index (χ0) is 12.5. The lowest BCUT2D eigenvalue weighted by Gasteiger charge is -2.04. The predicted octanol–water partition coefficient (Wildman–Crippen LogP) is 2.41. The zero-order valence-electron chi connectivity index (χ0n) is 7.56. The smallest absolute Gasteiger partial charge is 0.311 e. The standard InChI is InChI=1S/C9H4ClF3O3/c10-4-1-3(5(14)2-6(15)16)7(11)9(13)8(4)12/h1H,2H2,(H,15,16). The van der Waals surface area contributed by atoms with Crippen LogP contribution in [0.2, 0.25) is 5.02 Å². The molecule has 0 heterocycles. The van der Waals surface area contributed by atoms with Gasteiger partial charge in [-0.15, -0.1) is 0 Å². The maximum atomic E-state index is 13.1. The Morgan fingerprint density at radius 2 is 1.75 bits per heavy atom. The summed E-state index contributed by atoms with van der Waals surface area (Å²) in [6.07, 6.45) is -1.03. The topological polar surface area (TPSA) is 54.4 Å². The third-order valence-electron chi connectivity index (χ3n) is 1.71. The molecular formula is C9H4ClF3O3. The van der Waals surface area contributed by atoms with Gasteiger partial charge in [0.15, 0.2) is 23.2 Å². The lowest BCUT2D eigenvalue weighted by Crippen LogP contribution is -2.11. The van der Waals surface area contributed by atoms with E-state index >= 15 is 0 Å². The molecule has 0 atom stereocenters. The fourth-order valence-electron chi connectivity index (χ4n) is 1.01.